The first-order valence-electron chi connectivity index (χ1n) is 6.58. The molecule has 5 nitrogen and oxygen atoms in total. The summed E-state index contributed by atoms with van der Waals surface area (Å²) in [4.78, 5) is 7.55. The third-order valence-corrected chi connectivity index (χ3v) is 3.56. The van der Waals surface area contributed by atoms with Crippen molar-refractivity contribution in [1.82, 2.24) is 24.9 Å². The lowest BCUT2D eigenvalue weighted by Gasteiger charge is -2.02. The van der Waals surface area contributed by atoms with E-state index in [1.807, 2.05) is 6.07 Å². The van der Waals surface area contributed by atoms with Gasteiger partial charge in [0.25, 0.3) is 0 Å². The third-order valence-electron chi connectivity index (χ3n) is 2.92. The fourth-order valence-electron chi connectivity index (χ4n) is 1.97. The molecule has 0 fully saturated rings. The van der Waals surface area contributed by atoms with Crippen molar-refractivity contribution in [2.45, 2.75) is 13.5 Å². The monoisotopic (exact) mass is 303 g/mol. The number of nitrogens with one attached hydrogen (secondary N) is 2. The summed E-state index contributed by atoms with van der Waals surface area (Å²) in [5.74, 6) is 1.37. The average molecular weight is 303 g/mol. The van der Waals surface area contributed by atoms with Crippen molar-refractivity contribution in [2.24, 2.45) is 0 Å². The molecule has 0 aliphatic heterocycles. The highest BCUT2D eigenvalue weighted by Crippen LogP contribution is 2.20. The Morgan fingerprint density at radius 2 is 2.24 bits per heavy atom. The minimum Gasteiger partial charge on any atom is -0.338 e. The summed E-state index contributed by atoms with van der Waals surface area (Å²) in [7, 11) is 0. The van der Waals surface area contributed by atoms with Gasteiger partial charge in [-0.1, -0.05) is 18.9 Å². The second kappa shape index (κ2) is 6.19. The molecule has 3 aromatic rings. The van der Waals surface area contributed by atoms with Crippen LogP contribution in [-0.2, 0) is 6.54 Å². The van der Waals surface area contributed by atoms with Gasteiger partial charge in [-0.05, 0) is 24.3 Å². The lowest BCUT2D eigenvalue weighted by Crippen LogP contribution is -2.06. The Balaban J connectivity index is 1.89. The summed E-state index contributed by atoms with van der Waals surface area (Å²) in [5.41, 5.74) is 3.06. The summed E-state index contributed by atoms with van der Waals surface area (Å²) in [6, 6.07) is 6.40. The number of halogens is 1. The number of rotatable bonds is 5. The summed E-state index contributed by atoms with van der Waals surface area (Å²) < 4.78 is 16.4. The van der Waals surface area contributed by atoms with Crippen molar-refractivity contribution in [2.75, 3.05) is 5.75 Å². The topological polar surface area (TPSA) is 66.5 Å². The Morgan fingerprint density at radius 1 is 1.33 bits per heavy atom. The predicted molar refractivity (Wildman–Crippen MR) is 82.0 cm³/mol. The Kier molecular flexibility index (Phi) is 4.12. The number of aromatic nitrogens is 4. The molecule has 108 valence electrons. The second-order valence-electron chi connectivity index (χ2n) is 4.44. The normalized spacial score (nSPS) is 11.1. The Labute approximate surface area is 125 Å². The highest BCUT2D eigenvalue weighted by atomic mass is 32.2. The van der Waals surface area contributed by atoms with Crippen molar-refractivity contribution in [3.63, 3.8) is 0 Å². The molecule has 0 saturated heterocycles. The number of H-pyrrole nitrogens is 1. The molecule has 0 amide bonds. The second-order valence-corrected chi connectivity index (χ2v) is 5.59. The fraction of sp³-hybridized carbons (Fsp3) is 0.214. The van der Waals surface area contributed by atoms with Crippen LogP contribution in [0.4, 0.5) is 4.39 Å². The molecule has 0 atom stereocenters. The SMILES string of the molecule is CCSNCc1cc(-c2nc3ccc(F)cc3[nH]2)cnn1. The van der Waals surface area contributed by atoms with Gasteiger partial charge in [0.15, 0.2) is 0 Å². The largest absolute Gasteiger partial charge is 0.338 e. The molecule has 0 saturated carbocycles. The van der Waals surface area contributed by atoms with Crippen molar-refractivity contribution in [1.29, 1.82) is 0 Å². The Bertz CT molecular complexity index is 758. The van der Waals surface area contributed by atoms with Gasteiger partial charge in [0.1, 0.15) is 11.6 Å². The van der Waals surface area contributed by atoms with Gasteiger partial charge in [0.05, 0.1) is 29.5 Å². The number of imidazole rings is 1. The van der Waals surface area contributed by atoms with Gasteiger partial charge in [0, 0.05) is 11.3 Å². The van der Waals surface area contributed by atoms with Gasteiger partial charge < -0.3 is 4.98 Å². The van der Waals surface area contributed by atoms with Crippen molar-refractivity contribution in [3.8, 4) is 11.4 Å². The van der Waals surface area contributed by atoms with E-state index in [-0.39, 0.29) is 5.82 Å². The Morgan fingerprint density at radius 3 is 3.10 bits per heavy atom. The summed E-state index contributed by atoms with van der Waals surface area (Å²) in [6.45, 7) is 2.71. The first-order valence-corrected chi connectivity index (χ1v) is 7.56. The smallest absolute Gasteiger partial charge is 0.140 e. The van der Waals surface area contributed by atoms with Crippen molar-refractivity contribution in [3.05, 3.63) is 42.0 Å². The van der Waals surface area contributed by atoms with E-state index in [0.29, 0.717) is 17.9 Å². The maximum atomic E-state index is 13.2. The number of aromatic amines is 1. The van der Waals surface area contributed by atoms with Gasteiger partial charge in [-0.15, -0.1) is 0 Å². The van der Waals surface area contributed by atoms with Crippen LogP contribution >= 0.6 is 11.9 Å². The predicted octanol–water partition coefficient (Wildman–Crippen LogP) is 2.92. The zero-order valence-corrected chi connectivity index (χ0v) is 12.2. The summed E-state index contributed by atoms with van der Waals surface area (Å²) >= 11 is 1.63. The van der Waals surface area contributed by atoms with E-state index >= 15 is 0 Å². The van der Waals surface area contributed by atoms with Crippen LogP contribution in [0.2, 0.25) is 0 Å². The number of hydrogen-bond donors (Lipinski definition) is 2. The zero-order valence-electron chi connectivity index (χ0n) is 11.4. The van der Waals surface area contributed by atoms with E-state index in [0.717, 1.165) is 22.5 Å². The molecule has 0 unspecified atom stereocenters. The molecule has 1 aromatic carbocycles. The summed E-state index contributed by atoms with van der Waals surface area (Å²) in [5, 5.41) is 8.07. The van der Waals surface area contributed by atoms with Gasteiger partial charge in [-0.25, -0.2) is 9.37 Å². The van der Waals surface area contributed by atoms with Gasteiger partial charge in [-0.2, -0.15) is 10.2 Å². The van der Waals surface area contributed by atoms with Gasteiger partial charge in [0.2, 0.25) is 0 Å². The van der Waals surface area contributed by atoms with Crippen molar-refractivity contribution >= 4 is 23.0 Å². The molecule has 21 heavy (non-hydrogen) atoms. The standard InChI is InChI=1S/C14H14FN5S/c1-2-21-17-8-11-5-9(7-16-20-11)14-18-12-4-3-10(15)6-13(12)19-14/h3-7,17H,2,8H2,1H3,(H,18,19). The van der Waals surface area contributed by atoms with Crippen LogP contribution in [0.1, 0.15) is 12.6 Å². The molecule has 0 aliphatic carbocycles. The molecule has 0 bridgehead atoms. The maximum Gasteiger partial charge on any atom is 0.140 e. The maximum absolute atomic E-state index is 13.2. The van der Waals surface area contributed by atoms with Crippen LogP contribution in [0.3, 0.4) is 0 Å². The van der Waals surface area contributed by atoms with E-state index in [2.05, 4.69) is 31.8 Å². The number of hydrogen-bond acceptors (Lipinski definition) is 5. The molecule has 0 spiro atoms. The molecular formula is C14H14FN5S. The number of benzene rings is 1. The average Bonchev–Trinajstić information content (AvgIpc) is 2.91. The molecule has 2 N–H and O–H groups in total. The van der Waals surface area contributed by atoms with Crippen LogP contribution in [0.15, 0.2) is 30.5 Å². The van der Waals surface area contributed by atoms with E-state index in [9.17, 15) is 4.39 Å². The van der Waals surface area contributed by atoms with E-state index in [1.165, 1.54) is 12.1 Å². The van der Waals surface area contributed by atoms with E-state index in [1.54, 1.807) is 24.2 Å². The van der Waals surface area contributed by atoms with Crippen LogP contribution in [-0.4, -0.2) is 25.9 Å². The lowest BCUT2D eigenvalue weighted by molar-refractivity contribution is 0.629. The van der Waals surface area contributed by atoms with Crippen molar-refractivity contribution < 1.29 is 4.39 Å². The number of fused-ring (bicyclic) bond motifs is 1. The van der Waals surface area contributed by atoms with Gasteiger partial charge >= 0.3 is 0 Å². The fourth-order valence-corrected chi connectivity index (χ4v) is 2.43. The minimum absolute atomic E-state index is 0.285. The van der Waals surface area contributed by atoms with Crippen LogP contribution in [0.5, 0.6) is 0 Å². The Hall–Kier alpha value is -1.99. The van der Waals surface area contributed by atoms with Crippen LogP contribution in [0.25, 0.3) is 22.4 Å². The first-order chi connectivity index (χ1) is 10.3. The van der Waals surface area contributed by atoms with E-state index < -0.39 is 0 Å². The lowest BCUT2D eigenvalue weighted by atomic mass is 10.2. The molecule has 0 aliphatic rings. The van der Waals surface area contributed by atoms with Crippen LogP contribution < -0.4 is 4.72 Å². The first kappa shape index (κ1) is 14.0. The summed E-state index contributed by atoms with van der Waals surface area (Å²) in [6.07, 6.45) is 1.64. The molecule has 2 aromatic heterocycles. The molecule has 2 heterocycles. The van der Waals surface area contributed by atoms with E-state index in [4.69, 9.17) is 0 Å². The zero-order chi connectivity index (χ0) is 14.7. The molecule has 3 rings (SSSR count). The van der Waals surface area contributed by atoms with Gasteiger partial charge in [-0.3, -0.25) is 4.72 Å². The number of nitrogens with zero attached hydrogens (tertiary/aromatic N) is 3. The minimum atomic E-state index is -0.285. The van der Waals surface area contributed by atoms with Crippen LogP contribution in [0, 0.1) is 5.82 Å². The highest BCUT2D eigenvalue weighted by molar-refractivity contribution is 7.97. The quantitative estimate of drug-likeness (QED) is 0.560. The molecule has 7 heteroatoms. The third kappa shape index (κ3) is 3.20. The molecule has 0 radical (unpaired) electrons. The highest BCUT2D eigenvalue weighted by Gasteiger charge is 2.08. The molecular weight excluding hydrogens is 289 g/mol.